The van der Waals surface area contributed by atoms with Crippen molar-refractivity contribution in [2.75, 3.05) is 0 Å². The number of aromatic nitrogens is 6. The predicted octanol–water partition coefficient (Wildman–Crippen LogP) is 29.2. The van der Waals surface area contributed by atoms with Crippen molar-refractivity contribution < 1.29 is 0 Å². The molecule has 0 radical (unpaired) electrons. The largest absolute Gasteiger partial charge is 0.309 e. The van der Waals surface area contributed by atoms with E-state index in [1.54, 1.807) is 15.6 Å². The lowest BCUT2D eigenvalue weighted by molar-refractivity contribution is 0.666. The second-order valence-corrected chi connectivity index (χ2v) is 45.6. The normalized spacial score (nSPS) is 13.7. The van der Waals surface area contributed by atoms with Crippen molar-refractivity contribution in [3.63, 3.8) is 0 Å². The van der Waals surface area contributed by atoms with E-state index < -0.39 is 16.1 Å². The van der Waals surface area contributed by atoms with Gasteiger partial charge in [-0.25, -0.2) is 0 Å². The molecule has 3 aliphatic rings. The SMILES string of the molecule is CC1(C)c2ccccc2-c2ccc3c(c21)c1ccccc1n3-c1ccc(-c2ccc3c(c2)c2ccccc2n3-c2ccccc2)cc1.C[Si]1(C)c2ccccc2-c2cc3c4ccccc4n(-c4ccc5c6ccccc6n(-c6ccccc6)c5c4)c3cc21.C[Si]1(C)c2ccccc2-c2ccc3c(c21)c1ccccc1n3-c1ccc2c3ccccc3n(-c3ccccc3)c2c1. The van der Waals surface area contributed by atoms with Crippen molar-refractivity contribution >= 4 is 168 Å². The van der Waals surface area contributed by atoms with Gasteiger partial charge < -0.3 is 27.4 Å². The first kappa shape index (κ1) is 74.8. The summed E-state index contributed by atoms with van der Waals surface area (Å²) in [5, 5.41) is 21.9. The van der Waals surface area contributed by atoms with Crippen molar-refractivity contribution in [3.05, 3.63) is 436 Å². The Hall–Kier alpha value is -15.6. The van der Waals surface area contributed by atoms with Gasteiger partial charge in [-0.15, -0.1) is 0 Å². The minimum Gasteiger partial charge on any atom is -0.309 e. The highest BCUT2D eigenvalue weighted by molar-refractivity contribution is 7.05. The topological polar surface area (TPSA) is 29.6 Å². The van der Waals surface area contributed by atoms with E-state index in [1.807, 2.05) is 0 Å². The van der Waals surface area contributed by atoms with Gasteiger partial charge in [-0.2, -0.15) is 0 Å². The van der Waals surface area contributed by atoms with Crippen LogP contribution in [-0.2, 0) is 5.41 Å². The van der Waals surface area contributed by atoms with E-state index in [1.165, 1.54) is 226 Å². The Morgan fingerprint density at radius 2 is 0.519 bits per heavy atom. The minimum atomic E-state index is -1.89. The highest BCUT2D eigenvalue weighted by atomic mass is 28.3. The molecule has 0 amide bonds. The van der Waals surface area contributed by atoms with Crippen LogP contribution in [-0.4, -0.2) is 43.6 Å². The van der Waals surface area contributed by atoms with Crippen molar-refractivity contribution in [2.24, 2.45) is 0 Å². The Balaban J connectivity index is 0.000000102. The van der Waals surface area contributed by atoms with E-state index in [-0.39, 0.29) is 5.41 Å². The molecule has 0 fully saturated rings. The zero-order valence-electron chi connectivity index (χ0n) is 72.6. The average Bonchev–Trinajstić information content (AvgIpc) is 1.54. The van der Waals surface area contributed by atoms with Crippen LogP contribution in [0.15, 0.2) is 425 Å². The van der Waals surface area contributed by atoms with Gasteiger partial charge in [0.2, 0.25) is 0 Å². The molecule has 129 heavy (non-hydrogen) atoms. The maximum atomic E-state index is 2.52. The van der Waals surface area contributed by atoms with Crippen LogP contribution in [0.4, 0.5) is 0 Å². The molecule has 0 bridgehead atoms. The summed E-state index contributed by atoms with van der Waals surface area (Å²) in [6.07, 6.45) is 0. The van der Waals surface area contributed by atoms with Crippen LogP contribution in [0.2, 0.25) is 26.2 Å². The summed E-state index contributed by atoms with van der Waals surface area (Å²) < 4.78 is 14.6. The number of rotatable bonds is 7. The zero-order chi connectivity index (χ0) is 85.9. The van der Waals surface area contributed by atoms with Gasteiger partial charge in [0.25, 0.3) is 0 Å². The lowest BCUT2D eigenvalue weighted by atomic mass is 9.80. The summed E-state index contributed by atoms with van der Waals surface area (Å²) in [4.78, 5) is 0. The number of para-hydroxylation sites is 9. The summed E-state index contributed by atoms with van der Waals surface area (Å²) in [6, 6.07) is 157. The highest BCUT2D eigenvalue weighted by Gasteiger charge is 2.42. The molecule has 6 nitrogen and oxygen atoms in total. The van der Waals surface area contributed by atoms with Gasteiger partial charge >= 0.3 is 0 Å². The standard InChI is InChI=1S/C45H32N2.2C38H28N2Si/c1-45(2)38-17-9-6-14-33(38)35-25-27-42-43(44(35)45)36-16-8-11-19-40(36)47(42)32-23-20-29(21-24-32)30-22-26-41-37(28-30)34-15-7-10-18-39(34)46(41)31-12-4-3-5-13-31;1-41(2)36-19-11-8-15-29(36)30-22-23-34-37(38(30)41)31-16-7-10-18-33(31)40(34)26-20-21-28-27-14-6-9-17-32(27)39(35(28)24-26)25-12-4-3-5-13-25;1-41(2)37-19-11-8-16-30(37)32-23-31-28-15-7-10-18-34(28)40(36(31)24-38(32)41)26-20-21-29-27-14-6-9-17-33(27)39(35(29)22-26)25-12-4-3-5-13-25/h3-28H,1-2H3;2*3-24H,1-2H3. The molecule has 19 aromatic carbocycles. The summed E-state index contributed by atoms with van der Waals surface area (Å²) >= 11 is 0. The van der Waals surface area contributed by atoms with Crippen LogP contribution < -0.4 is 20.7 Å². The molecule has 8 heterocycles. The van der Waals surface area contributed by atoms with E-state index in [0.29, 0.717) is 0 Å². The highest BCUT2D eigenvalue weighted by Crippen LogP contribution is 2.54. The summed E-state index contributed by atoms with van der Waals surface area (Å²) in [7, 11) is -3.70. The van der Waals surface area contributed by atoms with E-state index in [4.69, 9.17) is 0 Å². The molecule has 0 unspecified atom stereocenters. The Morgan fingerprint density at radius 1 is 0.186 bits per heavy atom. The third-order valence-electron chi connectivity index (χ3n) is 29.1. The number of nitrogens with zero attached hydrogens (tertiary/aromatic N) is 6. The number of hydrogen-bond acceptors (Lipinski definition) is 0. The molecule has 2 aliphatic heterocycles. The molecule has 0 atom stereocenters. The first-order valence-electron chi connectivity index (χ1n) is 45.2. The molecule has 0 spiro atoms. The zero-order valence-corrected chi connectivity index (χ0v) is 74.6. The van der Waals surface area contributed by atoms with Gasteiger partial charge in [0.15, 0.2) is 0 Å². The van der Waals surface area contributed by atoms with Crippen LogP contribution in [0.25, 0.3) is 209 Å². The molecule has 0 saturated heterocycles. The molecule has 25 aromatic rings. The quantitative estimate of drug-likeness (QED) is 0.142. The van der Waals surface area contributed by atoms with Gasteiger partial charge in [0, 0.05) is 104 Å². The summed E-state index contributed by atoms with van der Waals surface area (Å²) in [5.74, 6) is 0. The van der Waals surface area contributed by atoms with Crippen LogP contribution in [0, 0.1) is 0 Å². The van der Waals surface area contributed by atoms with Crippen molar-refractivity contribution in [3.8, 4) is 78.6 Å². The Kier molecular flexibility index (Phi) is 16.4. The fourth-order valence-corrected chi connectivity index (χ4v) is 29.9. The molecule has 6 aromatic heterocycles. The van der Waals surface area contributed by atoms with E-state index in [9.17, 15) is 0 Å². The van der Waals surface area contributed by atoms with Crippen LogP contribution in [0.5, 0.6) is 0 Å². The monoisotopic (exact) mass is 1680 g/mol. The molecule has 28 rings (SSSR count). The number of benzene rings is 19. The molecular weight excluding hydrogens is 1590 g/mol. The molecule has 0 N–H and O–H groups in total. The lowest BCUT2D eigenvalue weighted by Gasteiger charge is -2.22. The van der Waals surface area contributed by atoms with Crippen LogP contribution in [0.1, 0.15) is 25.0 Å². The number of fused-ring (bicyclic) bond motifs is 29. The lowest BCUT2D eigenvalue weighted by Crippen LogP contribution is -2.49. The molecule has 1 aliphatic carbocycles. The molecule has 610 valence electrons. The number of hydrogen-bond donors (Lipinski definition) is 0. The Morgan fingerprint density at radius 3 is 1.05 bits per heavy atom. The Bertz CT molecular complexity index is 8850. The van der Waals surface area contributed by atoms with Crippen molar-refractivity contribution in [1.82, 2.24) is 27.4 Å². The predicted molar refractivity (Wildman–Crippen MR) is 553 cm³/mol. The maximum absolute atomic E-state index is 2.52. The maximum Gasteiger partial charge on any atom is 0.114 e. The minimum absolute atomic E-state index is 0.0769. The average molecular weight is 1680 g/mol. The van der Waals surface area contributed by atoms with Crippen LogP contribution >= 0.6 is 0 Å². The Labute approximate surface area is 749 Å². The second kappa shape index (κ2) is 28.2. The van der Waals surface area contributed by atoms with Crippen LogP contribution in [0.3, 0.4) is 0 Å². The smallest absolute Gasteiger partial charge is 0.114 e. The fraction of sp³-hybridized carbons (Fsp3) is 0.0579. The molecular formula is C121H88N6Si2. The fourth-order valence-electron chi connectivity index (χ4n) is 23.4. The van der Waals surface area contributed by atoms with E-state index in [0.717, 1.165) is 0 Å². The van der Waals surface area contributed by atoms with E-state index >= 15 is 0 Å². The first-order chi connectivity index (χ1) is 63.3. The van der Waals surface area contributed by atoms with Gasteiger partial charge in [-0.1, -0.05) is 319 Å². The third kappa shape index (κ3) is 10.9. The molecule has 8 heteroatoms. The van der Waals surface area contributed by atoms with Crippen molar-refractivity contribution in [2.45, 2.75) is 45.5 Å². The van der Waals surface area contributed by atoms with Crippen molar-refractivity contribution in [1.29, 1.82) is 0 Å². The summed E-state index contributed by atoms with van der Waals surface area (Å²) in [6.45, 7) is 14.8. The third-order valence-corrected chi connectivity index (χ3v) is 36.2. The molecule has 0 saturated carbocycles. The second-order valence-electron chi connectivity index (χ2n) is 37.0. The van der Waals surface area contributed by atoms with Gasteiger partial charge in [0.1, 0.15) is 16.1 Å². The van der Waals surface area contributed by atoms with Gasteiger partial charge in [-0.05, 0) is 222 Å². The first-order valence-corrected chi connectivity index (χ1v) is 51.2. The van der Waals surface area contributed by atoms with Gasteiger partial charge in [0.05, 0.1) is 66.2 Å². The van der Waals surface area contributed by atoms with E-state index in [2.05, 4.69) is 492 Å². The van der Waals surface area contributed by atoms with Gasteiger partial charge in [-0.3, -0.25) is 0 Å². The summed E-state index contributed by atoms with van der Waals surface area (Å²) in [5.41, 5.74) is 35.7.